The molecule has 0 saturated carbocycles. The van der Waals surface area contributed by atoms with Gasteiger partial charge in [0.15, 0.2) is 0 Å². The van der Waals surface area contributed by atoms with Crippen molar-refractivity contribution in [2.24, 2.45) is 7.05 Å². The van der Waals surface area contributed by atoms with Crippen LogP contribution in [-0.2, 0) is 24.7 Å². The van der Waals surface area contributed by atoms with Gasteiger partial charge < -0.3 is 10.0 Å². The number of hydrogen-bond donors (Lipinski definition) is 1. The van der Waals surface area contributed by atoms with Crippen LogP contribution < -0.4 is 4.90 Å². The highest BCUT2D eigenvalue weighted by Gasteiger charge is 2.34. The van der Waals surface area contributed by atoms with Gasteiger partial charge >= 0.3 is 5.97 Å². The number of benzene rings is 3. The van der Waals surface area contributed by atoms with Gasteiger partial charge in [0.25, 0.3) is 0 Å². The fourth-order valence-corrected chi connectivity index (χ4v) is 5.36. The molecule has 2 atom stereocenters. The highest BCUT2D eigenvalue weighted by Crippen LogP contribution is 2.43. The van der Waals surface area contributed by atoms with E-state index in [9.17, 15) is 4.79 Å². The molecule has 182 valence electrons. The molecule has 2 heterocycles. The molecule has 5 rings (SSSR count). The summed E-state index contributed by atoms with van der Waals surface area (Å²) in [7, 11) is 1.94. The first-order valence-electron chi connectivity index (χ1n) is 12.4. The van der Waals surface area contributed by atoms with Crippen molar-refractivity contribution in [3.63, 3.8) is 0 Å². The molecular formula is C31H31N3O2. The Morgan fingerprint density at radius 2 is 1.86 bits per heavy atom. The number of rotatable bonds is 6. The second-order valence-electron chi connectivity index (χ2n) is 9.50. The normalized spacial score (nSPS) is 17.4. The Labute approximate surface area is 212 Å². The Bertz CT molecular complexity index is 1420. The second kappa shape index (κ2) is 9.86. The predicted molar refractivity (Wildman–Crippen MR) is 145 cm³/mol. The van der Waals surface area contributed by atoms with Crippen LogP contribution in [0, 0.1) is 0 Å². The van der Waals surface area contributed by atoms with Gasteiger partial charge in [-0.3, -0.25) is 4.68 Å². The van der Waals surface area contributed by atoms with Crippen LogP contribution in [0.1, 0.15) is 47.7 Å². The number of carbonyl (C=O) groups is 1. The van der Waals surface area contributed by atoms with Crippen molar-refractivity contribution in [3.05, 3.63) is 113 Å². The molecular weight excluding hydrogens is 446 g/mol. The standard InChI is InChI=1S/C31H31N3O2/c1-4-23-7-5-6-8-29(23)34-21(2)17-26-18-25(27-19-32-33(3)20-27)14-15-28(26)31(34)24-12-9-22(10-13-24)11-16-30(35)36/h5-16,18-21,31H,4,17H2,1-3H3,(H,35,36)/b16-11+/t21-,31-/m0/s1. The summed E-state index contributed by atoms with van der Waals surface area (Å²) in [4.78, 5) is 13.5. The van der Waals surface area contributed by atoms with E-state index >= 15 is 0 Å². The molecule has 0 aliphatic carbocycles. The van der Waals surface area contributed by atoms with E-state index in [4.69, 9.17) is 5.11 Å². The Kier molecular flexibility index (Phi) is 6.47. The highest BCUT2D eigenvalue weighted by molar-refractivity contribution is 5.85. The second-order valence-corrected chi connectivity index (χ2v) is 9.50. The third-order valence-electron chi connectivity index (χ3n) is 7.07. The van der Waals surface area contributed by atoms with Crippen molar-refractivity contribution in [1.82, 2.24) is 9.78 Å². The van der Waals surface area contributed by atoms with Crippen LogP contribution in [0.2, 0.25) is 0 Å². The smallest absolute Gasteiger partial charge is 0.328 e. The molecule has 36 heavy (non-hydrogen) atoms. The van der Waals surface area contributed by atoms with Gasteiger partial charge in [0, 0.05) is 36.6 Å². The Hall–Kier alpha value is -4.12. The molecule has 0 saturated heterocycles. The molecule has 1 aliphatic rings. The van der Waals surface area contributed by atoms with E-state index in [0.717, 1.165) is 24.0 Å². The summed E-state index contributed by atoms with van der Waals surface area (Å²) in [6.45, 7) is 4.52. The third-order valence-corrected chi connectivity index (χ3v) is 7.07. The molecule has 1 aromatic heterocycles. The highest BCUT2D eigenvalue weighted by atomic mass is 16.4. The van der Waals surface area contributed by atoms with E-state index in [2.05, 4.69) is 84.6 Å². The maximum Gasteiger partial charge on any atom is 0.328 e. The first-order valence-corrected chi connectivity index (χ1v) is 12.4. The minimum Gasteiger partial charge on any atom is -0.478 e. The van der Waals surface area contributed by atoms with Crippen molar-refractivity contribution in [1.29, 1.82) is 0 Å². The zero-order valence-corrected chi connectivity index (χ0v) is 20.9. The molecule has 3 aromatic carbocycles. The topological polar surface area (TPSA) is 58.4 Å². The Balaban J connectivity index is 1.63. The number of carboxylic acids is 1. The minimum absolute atomic E-state index is 0.0527. The molecule has 5 heteroatoms. The zero-order valence-electron chi connectivity index (χ0n) is 20.9. The number of aliphatic carboxylic acids is 1. The summed E-state index contributed by atoms with van der Waals surface area (Å²) in [5.74, 6) is -0.944. The maximum atomic E-state index is 11.0. The van der Waals surface area contributed by atoms with E-state index in [0.29, 0.717) is 6.04 Å². The number of fused-ring (bicyclic) bond motifs is 1. The molecule has 0 radical (unpaired) electrons. The van der Waals surface area contributed by atoms with Crippen LogP contribution in [0.15, 0.2) is 85.2 Å². The molecule has 1 N–H and O–H groups in total. The van der Waals surface area contributed by atoms with E-state index in [1.54, 1.807) is 6.08 Å². The molecule has 0 amide bonds. The third kappa shape index (κ3) is 4.57. The van der Waals surface area contributed by atoms with Crippen LogP contribution in [0.5, 0.6) is 0 Å². The molecule has 0 fully saturated rings. The summed E-state index contributed by atoms with van der Waals surface area (Å²) < 4.78 is 1.84. The van der Waals surface area contributed by atoms with E-state index < -0.39 is 5.97 Å². The maximum absolute atomic E-state index is 11.0. The first kappa shape index (κ1) is 23.6. The molecule has 0 spiro atoms. The lowest BCUT2D eigenvalue weighted by atomic mass is 9.82. The average Bonchev–Trinajstić information content (AvgIpc) is 3.33. The molecule has 0 bridgehead atoms. The minimum atomic E-state index is -0.944. The molecule has 1 aliphatic heterocycles. The number of para-hydroxylation sites is 1. The zero-order chi connectivity index (χ0) is 25.2. The number of aromatic nitrogens is 2. The van der Waals surface area contributed by atoms with Gasteiger partial charge in [-0.2, -0.15) is 5.10 Å². The number of nitrogens with zero attached hydrogens (tertiary/aromatic N) is 3. The summed E-state index contributed by atoms with van der Waals surface area (Å²) >= 11 is 0. The number of hydrogen-bond acceptors (Lipinski definition) is 3. The van der Waals surface area contributed by atoms with Crippen LogP contribution in [0.3, 0.4) is 0 Å². The molecule has 5 nitrogen and oxygen atoms in total. The van der Waals surface area contributed by atoms with Gasteiger partial charge in [0.1, 0.15) is 0 Å². The SMILES string of the molecule is CCc1ccccc1N1[C@@H](c2ccc(/C=C/C(=O)O)cc2)c2ccc(-c3cnn(C)c3)cc2C[C@@H]1C. The number of aryl methyl sites for hydroxylation is 2. The van der Waals surface area contributed by atoms with Crippen LogP contribution in [-0.4, -0.2) is 26.9 Å². The van der Waals surface area contributed by atoms with Crippen molar-refractivity contribution in [3.8, 4) is 11.1 Å². The Morgan fingerprint density at radius 3 is 2.56 bits per heavy atom. The van der Waals surface area contributed by atoms with Gasteiger partial charge in [-0.15, -0.1) is 0 Å². The summed E-state index contributed by atoms with van der Waals surface area (Å²) in [6.07, 6.45) is 8.71. The largest absolute Gasteiger partial charge is 0.478 e. The lowest BCUT2D eigenvalue weighted by Gasteiger charge is -2.45. The predicted octanol–water partition coefficient (Wildman–Crippen LogP) is 6.29. The lowest BCUT2D eigenvalue weighted by Crippen LogP contribution is -2.43. The van der Waals surface area contributed by atoms with Crippen molar-refractivity contribution < 1.29 is 9.90 Å². The number of anilines is 1. The van der Waals surface area contributed by atoms with E-state index in [-0.39, 0.29) is 6.04 Å². The van der Waals surface area contributed by atoms with Crippen LogP contribution in [0.25, 0.3) is 17.2 Å². The van der Waals surface area contributed by atoms with Crippen molar-refractivity contribution in [2.75, 3.05) is 4.90 Å². The van der Waals surface area contributed by atoms with Gasteiger partial charge in [-0.05, 0) is 65.3 Å². The molecule has 4 aromatic rings. The van der Waals surface area contributed by atoms with Crippen LogP contribution >= 0.6 is 0 Å². The van der Waals surface area contributed by atoms with E-state index in [1.165, 1.54) is 39.6 Å². The average molecular weight is 478 g/mol. The van der Waals surface area contributed by atoms with Gasteiger partial charge in [0.05, 0.1) is 12.2 Å². The van der Waals surface area contributed by atoms with Crippen molar-refractivity contribution in [2.45, 2.75) is 38.8 Å². The monoisotopic (exact) mass is 477 g/mol. The summed E-state index contributed by atoms with van der Waals surface area (Å²) in [5.41, 5.74) is 9.64. The van der Waals surface area contributed by atoms with Gasteiger partial charge in [0.2, 0.25) is 0 Å². The summed E-state index contributed by atoms with van der Waals surface area (Å²) in [5, 5.41) is 13.3. The fourth-order valence-electron chi connectivity index (χ4n) is 5.36. The number of carboxylic acid groups (broad SMARTS) is 1. The summed E-state index contributed by atoms with van der Waals surface area (Å²) in [6, 6.07) is 24.1. The molecule has 0 unspecified atom stereocenters. The lowest BCUT2D eigenvalue weighted by molar-refractivity contribution is -0.131. The quantitative estimate of drug-likeness (QED) is 0.332. The Morgan fingerprint density at radius 1 is 1.08 bits per heavy atom. The van der Waals surface area contributed by atoms with Gasteiger partial charge in [-0.1, -0.05) is 67.6 Å². The van der Waals surface area contributed by atoms with Gasteiger partial charge in [-0.25, -0.2) is 4.79 Å². The van der Waals surface area contributed by atoms with Crippen LogP contribution in [0.4, 0.5) is 5.69 Å². The van der Waals surface area contributed by atoms with E-state index in [1.807, 2.05) is 30.1 Å². The van der Waals surface area contributed by atoms with Crippen molar-refractivity contribution >= 4 is 17.7 Å². The fraction of sp³-hybridized carbons (Fsp3) is 0.226. The first-order chi connectivity index (χ1) is 17.4.